The van der Waals surface area contributed by atoms with E-state index in [-0.39, 0.29) is 18.3 Å². The summed E-state index contributed by atoms with van der Waals surface area (Å²) in [5.41, 5.74) is 0. The number of thiophene rings is 1. The first-order chi connectivity index (χ1) is 10.2. The van der Waals surface area contributed by atoms with Crippen molar-refractivity contribution in [2.45, 2.75) is 26.2 Å². The molecule has 21 heavy (non-hydrogen) atoms. The van der Waals surface area contributed by atoms with E-state index in [4.69, 9.17) is 4.74 Å². The van der Waals surface area contributed by atoms with E-state index in [1.54, 1.807) is 6.07 Å². The van der Waals surface area contributed by atoms with Crippen LogP contribution in [0.25, 0.3) is 0 Å². The lowest BCUT2D eigenvalue weighted by Gasteiger charge is -2.24. The summed E-state index contributed by atoms with van der Waals surface area (Å²) < 4.78 is 5.30. The Morgan fingerprint density at radius 1 is 1.38 bits per heavy atom. The largest absolute Gasteiger partial charge is 0.465 e. The molecule has 0 bridgehead atoms. The minimum absolute atomic E-state index is 0.135. The molecule has 0 radical (unpaired) electrons. The topological polar surface area (TPSA) is 55.4 Å². The van der Waals surface area contributed by atoms with Crippen LogP contribution in [0.2, 0.25) is 0 Å². The zero-order valence-electron chi connectivity index (χ0n) is 12.2. The highest BCUT2D eigenvalue weighted by molar-refractivity contribution is 7.12. The number of amides is 1. The van der Waals surface area contributed by atoms with Gasteiger partial charge in [-0.3, -0.25) is 9.59 Å². The number of esters is 1. The number of carbonyl (C=O) groups excluding carboxylic acids is 2. The van der Waals surface area contributed by atoms with Gasteiger partial charge in [0, 0.05) is 6.54 Å². The lowest BCUT2D eigenvalue weighted by molar-refractivity contribution is -0.145. The highest BCUT2D eigenvalue weighted by Gasteiger charge is 2.19. The Balaban J connectivity index is 1.61. The Morgan fingerprint density at radius 3 is 2.90 bits per heavy atom. The average molecular weight is 307 g/mol. The van der Waals surface area contributed by atoms with Gasteiger partial charge in [-0.25, -0.2) is 0 Å². The van der Waals surface area contributed by atoms with E-state index in [0.29, 0.717) is 29.9 Å². The molecule has 4 nitrogen and oxygen atoms in total. The second-order valence-electron chi connectivity index (χ2n) is 5.35. The van der Waals surface area contributed by atoms with Gasteiger partial charge >= 0.3 is 5.97 Å². The number of nitrogens with one attached hydrogen (secondary N) is 1. The number of rotatable bonds is 6. The molecule has 114 valence electrons. The summed E-state index contributed by atoms with van der Waals surface area (Å²) in [6.45, 7) is 2.97. The quantitative estimate of drug-likeness (QED) is 0.649. The Bertz CT molecular complexity index is 496. The molecule has 1 aliphatic carbocycles. The number of ether oxygens (including phenoxy) is 1. The molecule has 0 aromatic carbocycles. The second kappa shape index (κ2) is 7.98. The van der Waals surface area contributed by atoms with Gasteiger partial charge in [-0.2, -0.15) is 0 Å². The van der Waals surface area contributed by atoms with E-state index in [9.17, 15) is 9.59 Å². The number of carbonyl (C=O) groups is 2. The molecule has 1 amide bonds. The van der Waals surface area contributed by atoms with Gasteiger partial charge in [0.05, 0.1) is 17.9 Å². The van der Waals surface area contributed by atoms with Crippen molar-refractivity contribution in [2.24, 2.45) is 11.8 Å². The maximum absolute atomic E-state index is 11.7. The molecule has 1 aromatic rings. The van der Waals surface area contributed by atoms with Crippen LogP contribution in [0.15, 0.2) is 29.7 Å². The first-order valence-electron chi connectivity index (χ1n) is 7.29. The first kappa shape index (κ1) is 15.8. The van der Waals surface area contributed by atoms with Crippen LogP contribution < -0.4 is 5.32 Å². The van der Waals surface area contributed by atoms with Crippen molar-refractivity contribution < 1.29 is 14.3 Å². The third kappa shape index (κ3) is 5.01. The Labute approximate surface area is 129 Å². The van der Waals surface area contributed by atoms with Gasteiger partial charge in [0.15, 0.2) is 0 Å². The molecular weight excluding hydrogens is 286 g/mol. The molecule has 0 saturated heterocycles. The highest BCUT2D eigenvalue weighted by atomic mass is 32.1. The van der Waals surface area contributed by atoms with Crippen LogP contribution in [0.1, 0.15) is 35.9 Å². The number of hydrogen-bond donors (Lipinski definition) is 1. The molecule has 2 atom stereocenters. The van der Waals surface area contributed by atoms with Gasteiger partial charge in [-0.1, -0.05) is 25.1 Å². The zero-order valence-corrected chi connectivity index (χ0v) is 13.0. The van der Waals surface area contributed by atoms with Gasteiger partial charge in [0.1, 0.15) is 0 Å². The number of hydrogen-bond acceptors (Lipinski definition) is 4. The summed E-state index contributed by atoms with van der Waals surface area (Å²) >= 11 is 1.38. The molecule has 0 aliphatic heterocycles. The van der Waals surface area contributed by atoms with Crippen molar-refractivity contribution in [3.63, 3.8) is 0 Å². The highest BCUT2D eigenvalue weighted by Crippen LogP contribution is 2.25. The smallest absolute Gasteiger partial charge is 0.307 e. The van der Waals surface area contributed by atoms with Crippen molar-refractivity contribution in [1.29, 1.82) is 0 Å². The minimum atomic E-state index is -0.247. The van der Waals surface area contributed by atoms with Crippen LogP contribution >= 0.6 is 11.3 Å². The van der Waals surface area contributed by atoms with Crippen LogP contribution in [0.3, 0.4) is 0 Å². The van der Waals surface area contributed by atoms with Crippen molar-refractivity contribution in [1.82, 2.24) is 5.32 Å². The third-order valence-electron chi connectivity index (χ3n) is 3.74. The summed E-state index contributed by atoms with van der Waals surface area (Å²) in [4.78, 5) is 24.0. The van der Waals surface area contributed by atoms with E-state index in [0.717, 1.165) is 12.8 Å². The lowest BCUT2D eigenvalue weighted by atomic mass is 9.85. The van der Waals surface area contributed by atoms with Crippen molar-refractivity contribution >= 4 is 23.2 Å². The van der Waals surface area contributed by atoms with E-state index in [1.165, 1.54) is 11.3 Å². The molecule has 2 unspecified atom stereocenters. The predicted octanol–water partition coefficient (Wildman–Crippen LogP) is 3.01. The maximum Gasteiger partial charge on any atom is 0.307 e. The predicted molar refractivity (Wildman–Crippen MR) is 83.3 cm³/mol. The standard InChI is InChI=1S/C16H21NO3S/c1-12-5-2-3-6-13(12)11-20-15(18)8-9-17-16(19)14-7-4-10-21-14/h2-4,7,10,12-13H,5-6,8-9,11H2,1H3,(H,17,19). The van der Waals surface area contributed by atoms with Gasteiger partial charge in [0.2, 0.25) is 0 Å². The van der Waals surface area contributed by atoms with Crippen molar-refractivity contribution in [3.05, 3.63) is 34.5 Å². The zero-order chi connectivity index (χ0) is 15.1. The fraction of sp³-hybridized carbons (Fsp3) is 0.500. The molecule has 0 fully saturated rings. The van der Waals surface area contributed by atoms with Crippen LogP contribution in [0, 0.1) is 11.8 Å². The SMILES string of the molecule is CC1CC=CCC1COC(=O)CCNC(=O)c1cccs1. The molecule has 5 heteroatoms. The van der Waals surface area contributed by atoms with Crippen LogP contribution in [0.5, 0.6) is 0 Å². The van der Waals surface area contributed by atoms with E-state index in [1.807, 2.05) is 11.4 Å². The average Bonchev–Trinajstić information content (AvgIpc) is 3.00. The van der Waals surface area contributed by atoms with Gasteiger partial charge in [0.25, 0.3) is 5.91 Å². The van der Waals surface area contributed by atoms with Crippen LogP contribution in [0.4, 0.5) is 0 Å². The molecule has 1 aliphatic rings. The Hall–Kier alpha value is -1.62. The van der Waals surface area contributed by atoms with Gasteiger partial charge in [-0.15, -0.1) is 11.3 Å². The second-order valence-corrected chi connectivity index (χ2v) is 6.29. The van der Waals surface area contributed by atoms with Gasteiger partial charge in [-0.05, 0) is 36.1 Å². The molecule has 1 N–H and O–H groups in total. The normalized spacial score (nSPS) is 21.0. The summed E-state index contributed by atoms with van der Waals surface area (Å²) in [6.07, 6.45) is 6.58. The fourth-order valence-corrected chi connectivity index (χ4v) is 2.92. The monoisotopic (exact) mass is 307 g/mol. The van der Waals surface area contributed by atoms with E-state index < -0.39 is 0 Å². The molecular formula is C16H21NO3S. The molecule has 0 saturated carbocycles. The Morgan fingerprint density at radius 2 is 2.19 bits per heavy atom. The summed E-state index contributed by atoms with van der Waals surface area (Å²) in [5.74, 6) is 0.591. The van der Waals surface area contributed by atoms with Crippen LogP contribution in [-0.4, -0.2) is 25.0 Å². The van der Waals surface area contributed by atoms with E-state index >= 15 is 0 Å². The number of allylic oxidation sites excluding steroid dienone is 2. The summed E-state index contributed by atoms with van der Waals surface area (Å²) in [5, 5.41) is 4.57. The van der Waals surface area contributed by atoms with Gasteiger partial charge < -0.3 is 10.1 Å². The summed E-state index contributed by atoms with van der Waals surface area (Å²) in [6, 6.07) is 3.59. The third-order valence-corrected chi connectivity index (χ3v) is 4.60. The van der Waals surface area contributed by atoms with E-state index in [2.05, 4.69) is 24.4 Å². The fourth-order valence-electron chi connectivity index (χ4n) is 2.28. The van der Waals surface area contributed by atoms with Crippen molar-refractivity contribution in [2.75, 3.05) is 13.2 Å². The first-order valence-corrected chi connectivity index (χ1v) is 8.17. The molecule has 1 heterocycles. The minimum Gasteiger partial charge on any atom is -0.465 e. The Kier molecular flexibility index (Phi) is 5.99. The molecule has 2 rings (SSSR count). The maximum atomic E-state index is 11.7. The van der Waals surface area contributed by atoms with Crippen LogP contribution in [-0.2, 0) is 9.53 Å². The molecule has 0 spiro atoms. The summed E-state index contributed by atoms with van der Waals surface area (Å²) in [7, 11) is 0. The van der Waals surface area contributed by atoms with Crippen molar-refractivity contribution in [3.8, 4) is 0 Å². The molecule has 1 aromatic heterocycles. The lowest BCUT2D eigenvalue weighted by Crippen LogP contribution is -2.27.